The Balaban J connectivity index is 5.09. The number of unbranched alkanes of at least 4 members (excludes halogenated alkanes) is 34. The Hall–Kier alpha value is -0.520. The van der Waals surface area contributed by atoms with E-state index in [-0.39, 0.29) is 18.3 Å². The first-order chi connectivity index (χ1) is 41.8. The second-order valence-corrected chi connectivity index (χ2v) is 26.3. The van der Waals surface area contributed by atoms with Crippen LogP contribution in [0.25, 0.3) is 0 Å². The number of rotatable bonds is 75. The number of hydrogen-bond acceptors (Lipinski definition) is 13. The van der Waals surface area contributed by atoms with Gasteiger partial charge in [0.1, 0.15) is 0 Å². The molecule has 3 atom stereocenters. The predicted octanol–water partition coefficient (Wildman–Crippen LogP) is 13.4. The summed E-state index contributed by atoms with van der Waals surface area (Å²) in [5.41, 5.74) is 12.3. The molecule has 0 aliphatic carbocycles. The van der Waals surface area contributed by atoms with Crippen LogP contribution >= 0.6 is 0 Å². The maximum Gasteiger partial charge on any atom is 0.0664 e. The van der Waals surface area contributed by atoms with E-state index in [9.17, 15) is 15.3 Å². The van der Waals surface area contributed by atoms with Crippen molar-refractivity contribution in [2.45, 2.75) is 322 Å². The van der Waals surface area contributed by atoms with Gasteiger partial charge in [-0.05, 0) is 58.0 Å². The van der Waals surface area contributed by atoms with Gasteiger partial charge in [0.2, 0.25) is 0 Å². The normalized spacial score (nSPS) is 13.2. The van der Waals surface area contributed by atoms with Crippen molar-refractivity contribution in [2.75, 3.05) is 144 Å². The van der Waals surface area contributed by atoms with E-state index < -0.39 is 0 Å². The van der Waals surface area contributed by atoms with Gasteiger partial charge in [-0.25, -0.2) is 0 Å². The summed E-state index contributed by atoms with van der Waals surface area (Å²) in [5, 5.41) is 46.8. The van der Waals surface area contributed by atoms with Gasteiger partial charge in [0.25, 0.3) is 0 Å². The van der Waals surface area contributed by atoms with Crippen LogP contribution in [0.2, 0.25) is 0 Å². The van der Waals surface area contributed by atoms with E-state index in [0.717, 1.165) is 169 Å². The second-order valence-electron chi connectivity index (χ2n) is 26.3. The highest BCUT2D eigenvalue weighted by Gasteiger charge is 2.14. The van der Waals surface area contributed by atoms with Crippen molar-refractivity contribution < 1.29 is 15.3 Å². The van der Waals surface area contributed by atoms with Gasteiger partial charge in [-0.2, -0.15) is 0 Å². The summed E-state index contributed by atoms with van der Waals surface area (Å²) < 4.78 is 0. The van der Waals surface area contributed by atoms with Crippen LogP contribution in [0.3, 0.4) is 0 Å². The Morgan fingerprint density at radius 3 is 0.800 bits per heavy atom. The van der Waals surface area contributed by atoms with Crippen LogP contribution < -0.4 is 32.7 Å². The Morgan fingerprint density at radius 2 is 0.471 bits per heavy atom. The minimum atomic E-state index is -0.264. The van der Waals surface area contributed by atoms with E-state index >= 15 is 0 Å². The molecule has 0 aromatic heterocycles. The highest BCUT2D eigenvalue weighted by atomic mass is 16.3. The summed E-state index contributed by atoms with van der Waals surface area (Å²) >= 11 is 0. The van der Waals surface area contributed by atoms with Crippen LogP contribution in [0, 0.1) is 0 Å². The van der Waals surface area contributed by atoms with Crippen LogP contribution in [-0.4, -0.2) is 197 Å². The molecule has 0 heterocycles. The number of nitrogens with zero attached hydrogens (tertiary/aromatic N) is 4. The van der Waals surface area contributed by atoms with E-state index in [1.807, 2.05) is 0 Å². The van der Waals surface area contributed by atoms with E-state index in [1.165, 1.54) is 225 Å². The molecule has 0 fully saturated rings. The fourth-order valence-electron chi connectivity index (χ4n) is 12.1. The summed E-state index contributed by atoms with van der Waals surface area (Å²) in [7, 11) is 0. The average molecular weight is 1210 g/mol. The maximum atomic E-state index is 10.7. The number of nitrogens with one attached hydrogen (secondary N) is 4. The van der Waals surface area contributed by atoms with Gasteiger partial charge in [-0.15, -0.1) is 0 Å². The van der Waals surface area contributed by atoms with Crippen molar-refractivity contribution in [1.29, 1.82) is 0 Å². The van der Waals surface area contributed by atoms with Crippen molar-refractivity contribution in [3.63, 3.8) is 0 Å². The van der Waals surface area contributed by atoms with Gasteiger partial charge < -0.3 is 53.0 Å². The van der Waals surface area contributed by atoms with E-state index in [4.69, 9.17) is 11.5 Å². The summed E-state index contributed by atoms with van der Waals surface area (Å²) in [6.07, 6.45) is 54.6. The third-order valence-electron chi connectivity index (χ3n) is 18.0. The SMILES string of the molecule is CCCCCCCCCCCCCC(O)CCCCNCCN(CCNCCN(CCN)CCNCC(O)CCCCCCCCCCCCC)CCN(CCCCCC)CCN(CCN)CCNCC(O)CCCCCCCCCCCCC. The smallest absolute Gasteiger partial charge is 0.0664 e. The lowest BCUT2D eigenvalue weighted by Gasteiger charge is -2.30. The van der Waals surface area contributed by atoms with Gasteiger partial charge >= 0.3 is 0 Å². The first kappa shape index (κ1) is 84.5. The third kappa shape index (κ3) is 64.8. The highest BCUT2D eigenvalue weighted by Crippen LogP contribution is 2.17. The zero-order valence-corrected chi connectivity index (χ0v) is 58.0. The Labute approximate surface area is 531 Å². The minimum absolute atomic E-state index is 0.148. The van der Waals surface area contributed by atoms with Gasteiger partial charge in [-0.1, -0.05) is 259 Å². The van der Waals surface area contributed by atoms with E-state index in [1.54, 1.807) is 0 Å². The number of hydrogen-bond donors (Lipinski definition) is 9. The molecule has 0 spiro atoms. The minimum Gasteiger partial charge on any atom is -0.393 e. The van der Waals surface area contributed by atoms with Gasteiger partial charge in [0, 0.05) is 131 Å². The molecule has 0 bridgehead atoms. The van der Waals surface area contributed by atoms with E-state index in [0.29, 0.717) is 26.2 Å². The average Bonchev–Trinajstić information content (AvgIpc) is 3.53. The van der Waals surface area contributed by atoms with Gasteiger partial charge in [0.05, 0.1) is 18.3 Å². The fourth-order valence-corrected chi connectivity index (χ4v) is 12.1. The largest absolute Gasteiger partial charge is 0.393 e. The Bertz CT molecular complexity index is 1230. The molecular weight excluding hydrogens is 1050 g/mol. The first-order valence-electron chi connectivity index (χ1n) is 38.0. The molecule has 13 nitrogen and oxygen atoms in total. The van der Waals surface area contributed by atoms with Crippen molar-refractivity contribution in [2.24, 2.45) is 11.5 Å². The predicted molar refractivity (Wildman–Crippen MR) is 375 cm³/mol. The van der Waals surface area contributed by atoms with Crippen molar-refractivity contribution in [3.8, 4) is 0 Å². The molecule has 13 heteroatoms. The van der Waals surface area contributed by atoms with Crippen LogP contribution in [0.5, 0.6) is 0 Å². The van der Waals surface area contributed by atoms with Gasteiger partial charge in [0.15, 0.2) is 0 Å². The third-order valence-corrected chi connectivity index (χ3v) is 18.0. The molecule has 3 unspecified atom stereocenters. The summed E-state index contributed by atoms with van der Waals surface area (Å²) in [6.45, 7) is 29.5. The van der Waals surface area contributed by atoms with Crippen LogP contribution in [0.15, 0.2) is 0 Å². The summed E-state index contributed by atoms with van der Waals surface area (Å²) in [5.74, 6) is 0. The molecule has 0 aliphatic heterocycles. The first-order valence-corrected chi connectivity index (χ1v) is 38.0. The molecule has 512 valence electrons. The molecule has 0 radical (unpaired) electrons. The molecular formula is C72H156N10O3. The lowest BCUT2D eigenvalue weighted by atomic mass is 10.0. The summed E-state index contributed by atoms with van der Waals surface area (Å²) in [6, 6.07) is 0. The molecule has 11 N–H and O–H groups in total. The van der Waals surface area contributed by atoms with Crippen LogP contribution in [0.1, 0.15) is 304 Å². The number of nitrogens with two attached hydrogens (primary N) is 2. The molecule has 0 rings (SSSR count). The molecule has 0 amide bonds. The lowest BCUT2D eigenvalue weighted by Crippen LogP contribution is -2.45. The molecule has 0 saturated carbocycles. The Kier molecular flexibility index (Phi) is 70.5. The van der Waals surface area contributed by atoms with Gasteiger partial charge in [-0.3, -0.25) is 14.7 Å². The quantitative estimate of drug-likeness (QED) is 0.0264. The van der Waals surface area contributed by atoms with Crippen molar-refractivity contribution in [3.05, 3.63) is 0 Å². The second kappa shape index (κ2) is 70.9. The maximum absolute atomic E-state index is 10.7. The number of aliphatic hydroxyl groups excluding tert-OH is 3. The zero-order valence-electron chi connectivity index (χ0n) is 58.0. The van der Waals surface area contributed by atoms with Crippen molar-refractivity contribution >= 4 is 0 Å². The summed E-state index contributed by atoms with van der Waals surface area (Å²) in [4.78, 5) is 10.4. The topological polar surface area (TPSA) is 174 Å². The number of aliphatic hydroxyl groups is 3. The molecule has 0 aromatic rings. The van der Waals surface area contributed by atoms with E-state index in [2.05, 4.69) is 68.6 Å². The lowest BCUT2D eigenvalue weighted by molar-refractivity contribution is 0.147. The monoisotopic (exact) mass is 1210 g/mol. The fraction of sp³-hybridized carbons (Fsp3) is 1.00. The molecule has 0 saturated heterocycles. The molecule has 85 heavy (non-hydrogen) atoms. The Morgan fingerprint density at radius 1 is 0.235 bits per heavy atom. The van der Waals surface area contributed by atoms with Crippen LogP contribution in [-0.2, 0) is 0 Å². The van der Waals surface area contributed by atoms with Crippen molar-refractivity contribution in [1.82, 2.24) is 40.9 Å². The van der Waals surface area contributed by atoms with Crippen LogP contribution in [0.4, 0.5) is 0 Å². The molecule has 0 aliphatic rings. The molecule has 0 aromatic carbocycles. The highest BCUT2D eigenvalue weighted by molar-refractivity contribution is 4.72. The zero-order chi connectivity index (χ0) is 61.8. The standard InChI is InChI=1S/C72H156N10O3/c1-5-9-13-17-20-23-26-29-32-35-38-44-70(83)45-41-42-50-75-51-60-82(61-53-76-52-59-80(57-48-73)62-54-77-68-71(84)46-39-36-33-30-27-24-21-18-14-10-6-2)67-65-79(56-43-16-12-8-4)64-66-81(58-49-74)63-55-78-69-72(85)47-40-37-34-31-28-25-22-19-15-11-7-3/h70-72,75-78,83-85H,5-69,73-74H2,1-4H3.